The SMILES string of the molecule is [O-]n1cnc2c(Cl)nc(Cl)nc21. The molecule has 0 radical (unpaired) electrons. The molecule has 0 aliphatic carbocycles. The number of rotatable bonds is 0. The lowest BCUT2D eigenvalue weighted by atomic mass is 10.6. The van der Waals surface area contributed by atoms with Gasteiger partial charge in [-0.05, 0) is 11.6 Å². The minimum atomic E-state index is -0.0647. The van der Waals surface area contributed by atoms with Crippen LogP contribution < -0.4 is 0 Å². The van der Waals surface area contributed by atoms with E-state index >= 15 is 0 Å². The highest BCUT2D eigenvalue weighted by atomic mass is 35.5. The predicted octanol–water partition coefficient (Wildman–Crippen LogP) is 1.48. The van der Waals surface area contributed by atoms with E-state index in [-0.39, 0.29) is 21.6 Å². The smallest absolute Gasteiger partial charge is 0.225 e. The van der Waals surface area contributed by atoms with Gasteiger partial charge >= 0.3 is 0 Å². The Kier molecular flexibility index (Phi) is 1.55. The summed E-state index contributed by atoms with van der Waals surface area (Å²) in [5, 5.41) is 10.9. The van der Waals surface area contributed by atoms with Crippen molar-refractivity contribution in [2.45, 2.75) is 0 Å². The number of nitrogens with zero attached hydrogens (tertiary/aromatic N) is 4. The minimum Gasteiger partial charge on any atom is -0.804 e. The van der Waals surface area contributed by atoms with Gasteiger partial charge in [-0.15, -0.1) is 0 Å². The number of hydrogen-bond donors (Lipinski definition) is 0. The lowest BCUT2D eigenvalue weighted by Gasteiger charge is -2.03. The normalized spacial score (nSPS) is 10.8. The highest BCUT2D eigenvalue weighted by Crippen LogP contribution is 2.19. The van der Waals surface area contributed by atoms with E-state index in [9.17, 15) is 5.21 Å². The molecule has 0 aromatic carbocycles. The zero-order chi connectivity index (χ0) is 8.72. The van der Waals surface area contributed by atoms with Crippen molar-refractivity contribution in [1.82, 2.24) is 19.7 Å². The maximum absolute atomic E-state index is 10.9. The molecule has 0 saturated carbocycles. The molecule has 7 heteroatoms. The zero-order valence-electron chi connectivity index (χ0n) is 5.53. The minimum absolute atomic E-state index is 0.0647. The predicted molar refractivity (Wildman–Crippen MR) is 44.1 cm³/mol. The zero-order valence-corrected chi connectivity index (χ0v) is 7.04. The van der Waals surface area contributed by atoms with E-state index in [0.29, 0.717) is 4.73 Å². The van der Waals surface area contributed by atoms with Crippen LogP contribution in [0.25, 0.3) is 11.2 Å². The standard InChI is InChI=1S/C5HCl2N4O/c6-3-2-4(10-5(7)9-3)11(12)1-8-2/h1H/q-1. The summed E-state index contributed by atoms with van der Waals surface area (Å²) in [4.78, 5) is 11.0. The molecule has 5 nitrogen and oxygen atoms in total. The van der Waals surface area contributed by atoms with Gasteiger partial charge < -0.3 is 9.94 Å². The molecule has 62 valence electrons. The van der Waals surface area contributed by atoms with Gasteiger partial charge in [0.05, 0.1) is 6.33 Å². The first-order chi connectivity index (χ1) is 5.68. The molecule has 2 aromatic rings. The molecule has 12 heavy (non-hydrogen) atoms. The highest BCUT2D eigenvalue weighted by Gasteiger charge is 2.06. The van der Waals surface area contributed by atoms with Gasteiger partial charge in [-0.1, -0.05) is 11.6 Å². The Morgan fingerprint density at radius 3 is 2.83 bits per heavy atom. The molecule has 0 atom stereocenters. The molecular formula is C5HCl2N4O-. The van der Waals surface area contributed by atoms with E-state index in [2.05, 4.69) is 15.0 Å². The van der Waals surface area contributed by atoms with Crippen LogP contribution in [0.5, 0.6) is 0 Å². The summed E-state index contributed by atoms with van der Waals surface area (Å²) in [5.74, 6) is 0. The van der Waals surface area contributed by atoms with Crippen LogP contribution in [0.1, 0.15) is 0 Å². The van der Waals surface area contributed by atoms with E-state index in [1.165, 1.54) is 0 Å². The van der Waals surface area contributed by atoms with Crippen LogP contribution >= 0.6 is 23.2 Å². The van der Waals surface area contributed by atoms with Crippen molar-refractivity contribution in [1.29, 1.82) is 0 Å². The van der Waals surface area contributed by atoms with Gasteiger partial charge in [0.2, 0.25) is 5.28 Å². The number of fused-ring (bicyclic) bond motifs is 1. The van der Waals surface area contributed by atoms with Gasteiger partial charge in [-0.3, -0.25) is 0 Å². The van der Waals surface area contributed by atoms with Crippen molar-refractivity contribution in [3.8, 4) is 0 Å². The van der Waals surface area contributed by atoms with Crippen molar-refractivity contribution >= 4 is 34.4 Å². The molecule has 0 N–H and O–H groups in total. The van der Waals surface area contributed by atoms with Crippen molar-refractivity contribution in [3.63, 3.8) is 0 Å². The molecule has 0 aliphatic rings. The molecule has 0 spiro atoms. The Morgan fingerprint density at radius 2 is 2.08 bits per heavy atom. The molecule has 2 heterocycles. The first kappa shape index (κ1) is 7.57. The van der Waals surface area contributed by atoms with Crippen molar-refractivity contribution in [2.75, 3.05) is 0 Å². The van der Waals surface area contributed by atoms with Crippen molar-refractivity contribution in [2.24, 2.45) is 0 Å². The van der Waals surface area contributed by atoms with Crippen LogP contribution in [0.3, 0.4) is 0 Å². The van der Waals surface area contributed by atoms with E-state index in [1.807, 2.05) is 0 Å². The lowest BCUT2D eigenvalue weighted by Crippen LogP contribution is -1.89. The number of aromatic nitrogens is 4. The summed E-state index contributed by atoms with van der Waals surface area (Å²) in [6, 6.07) is 0. The molecular weight excluding hydrogens is 203 g/mol. The maximum atomic E-state index is 10.9. The fraction of sp³-hybridized carbons (Fsp3) is 0. The van der Waals surface area contributed by atoms with Crippen LogP contribution in [-0.2, 0) is 0 Å². The Morgan fingerprint density at radius 1 is 1.33 bits per heavy atom. The number of hydrogen-bond acceptors (Lipinski definition) is 4. The largest absolute Gasteiger partial charge is 0.804 e. The highest BCUT2D eigenvalue weighted by molar-refractivity contribution is 6.35. The summed E-state index contributed by atoms with van der Waals surface area (Å²) in [7, 11) is 0. The molecule has 0 aliphatic heterocycles. The van der Waals surface area contributed by atoms with Gasteiger partial charge in [0.25, 0.3) is 0 Å². The monoisotopic (exact) mass is 203 g/mol. The second kappa shape index (κ2) is 2.46. The van der Waals surface area contributed by atoms with E-state index < -0.39 is 0 Å². The number of halogens is 2. The van der Waals surface area contributed by atoms with Gasteiger partial charge in [-0.2, -0.15) is 4.98 Å². The second-order valence-electron chi connectivity index (χ2n) is 2.03. The van der Waals surface area contributed by atoms with Crippen LogP contribution in [0.4, 0.5) is 0 Å². The third-order valence-electron chi connectivity index (χ3n) is 1.30. The lowest BCUT2D eigenvalue weighted by molar-refractivity contribution is 1.08. The van der Waals surface area contributed by atoms with Crippen LogP contribution in [0, 0.1) is 5.21 Å². The Labute approximate surface area is 76.5 Å². The second-order valence-corrected chi connectivity index (χ2v) is 2.72. The van der Waals surface area contributed by atoms with Crippen LogP contribution in [0.2, 0.25) is 10.4 Å². The van der Waals surface area contributed by atoms with Gasteiger partial charge in [0, 0.05) is 0 Å². The summed E-state index contributed by atoms with van der Waals surface area (Å²) < 4.78 is 0.481. The van der Waals surface area contributed by atoms with Gasteiger partial charge in [0.1, 0.15) is 5.52 Å². The summed E-state index contributed by atoms with van der Waals surface area (Å²) in [5.41, 5.74) is 0.344. The molecule has 2 aromatic heterocycles. The van der Waals surface area contributed by atoms with Crippen LogP contribution in [-0.4, -0.2) is 19.7 Å². The molecule has 0 amide bonds. The summed E-state index contributed by atoms with van der Waals surface area (Å²) >= 11 is 11.1. The molecule has 2 rings (SSSR count). The quantitative estimate of drug-likeness (QED) is 0.481. The molecule has 0 saturated heterocycles. The third kappa shape index (κ3) is 0.981. The molecule has 0 fully saturated rings. The van der Waals surface area contributed by atoms with Gasteiger partial charge in [0.15, 0.2) is 10.8 Å². The maximum Gasteiger partial charge on any atom is 0.225 e. The van der Waals surface area contributed by atoms with E-state index in [1.54, 1.807) is 0 Å². The molecule has 0 unspecified atom stereocenters. The summed E-state index contributed by atoms with van der Waals surface area (Å²) in [6.45, 7) is 0. The fourth-order valence-electron chi connectivity index (χ4n) is 0.821. The third-order valence-corrected chi connectivity index (χ3v) is 1.73. The first-order valence-electron chi connectivity index (χ1n) is 2.92. The van der Waals surface area contributed by atoms with Crippen molar-refractivity contribution in [3.05, 3.63) is 22.0 Å². The van der Waals surface area contributed by atoms with E-state index in [0.717, 1.165) is 6.33 Å². The van der Waals surface area contributed by atoms with Crippen LogP contribution in [0.15, 0.2) is 6.33 Å². The fourth-order valence-corrected chi connectivity index (χ4v) is 1.24. The first-order valence-corrected chi connectivity index (χ1v) is 3.67. The topological polar surface area (TPSA) is 66.7 Å². The Hall–Kier alpha value is -1.07. The van der Waals surface area contributed by atoms with Crippen molar-refractivity contribution < 1.29 is 0 Å². The average molecular weight is 204 g/mol. The average Bonchev–Trinajstić information content (AvgIpc) is 2.33. The Bertz CT molecular complexity index is 440. The number of imidazole rings is 1. The van der Waals surface area contributed by atoms with Gasteiger partial charge in [-0.25, -0.2) is 9.97 Å². The molecule has 0 bridgehead atoms. The summed E-state index contributed by atoms with van der Waals surface area (Å²) in [6.07, 6.45) is 1.06. The van der Waals surface area contributed by atoms with E-state index in [4.69, 9.17) is 23.2 Å². The Balaban J connectivity index is 2.92.